The molecule has 0 aromatic heterocycles. The smallest absolute Gasteiger partial charge is 0.225 e. The molecule has 184 valence electrons. The third-order valence-electron chi connectivity index (χ3n) is 8.00. The largest absolute Gasteiger partial charge is 0.355 e. The van der Waals surface area contributed by atoms with Gasteiger partial charge in [0, 0.05) is 36.0 Å². The molecule has 2 N–H and O–H groups in total. The highest BCUT2D eigenvalue weighted by Crippen LogP contribution is 2.38. The third kappa shape index (κ3) is 5.98. The summed E-state index contributed by atoms with van der Waals surface area (Å²) in [5.41, 5.74) is 0. The lowest BCUT2D eigenvalue weighted by Crippen LogP contribution is -2.56. The van der Waals surface area contributed by atoms with Crippen LogP contribution in [0.3, 0.4) is 0 Å². The quantitative estimate of drug-likeness (QED) is 0.557. The van der Waals surface area contributed by atoms with Crippen LogP contribution in [0.1, 0.15) is 59.8 Å². The van der Waals surface area contributed by atoms with Crippen LogP contribution in [0.15, 0.2) is 0 Å². The minimum absolute atomic E-state index is 0.0192. The summed E-state index contributed by atoms with van der Waals surface area (Å²) in [4.78, 5) is 28.0. The molecule has 7 unspecified atom stereocenters. The summed E-state index contributed by atoms with van der Waals surface area (Å²) in [7, 11) is -2.92. The lowest BCUT2D eigenvalue weighted by atomic mass is 9.74. The zero-order chi connectivity index (χ0) is 23.6. The summed E-state index contributed by atoms with van der Waals surface area (Å²) in [6.45, 7) is 9.48. The van der Waals surface area contributed by atoms with E-state index >= 15 is 0 Å². The topological polar surface area (TPSA) is 95.6 Å². The number of carbonyl (C=O) groups is 2. The van der Waals surface area contributed by atoms with Gasteiger partial charge in [0.05, 0.1) is 17.4 Å². The van der Waals surface area contributed by atoms with Gasteiger partial charge in [-0.2, -0.15) is 0 Å². The summed E-state index contributed by atoms with van der Waals surface area (Å²) >= 11 is 6.65. The van der Waals surface area contributed by atoms with Crippen LogP contribution in [0.2, 0.25) is 0 Å². The van der Waals surface area contributed by atoms with E-state index in [1.807, 2.05) is 6.92 Å². The Kier molecular flexibility index (Phi) is 8.53. The second kappa shape index (κ2) is 10.6. The van der Waals surface area contributed by atoms with E-state index < -0.39 is 9.84 Å². The maximum atomic E-state index is 13.2. The van der Waals surface area contributed by atoms with Gasteiger partial charge in [-0.15, -0.1) is 11.6 Å². The summed E-state index contributed by atoms with van der Waals surface area (Å²) < 4.78 is 23.8. The van der Waals surface area contributed by atoms with E-state index in [1.54, 1.807) is 0 Å². The number of sulfone groups is 1. The molecule has 2 amide bonds. The van der Waals surface area contributed by atoms with Crippen molar-refractivity contribution in [2.24, 2.45) is 23.7 Å². The van der Waals surface area contributed by atoms with Gasteiger partial charge in [-0.05, 0) is 57.4 Å². The highest BCUT2D eigenvalue weighted by atomic mass is 35.5. The Morgan fingerprint density at radius 2 is 1.81 bits per heavy atom. The molecular formula is C23H40ClN3O4S. The van der Waals surface area contributed by atoms with Crippen molar-refractivity contribution in [3.8, 4) is 0 Å². The number of alkyl halides is 1. The first-order valence-electron chi connectivity index (χ1n) is 12.2. The van der Waals surface area contributed by atoms with Crippen molar-refractivity contribution >= 4 is 33.3 Å². The van der Waals surface area contributed by atoms with E-state index in [0.29, 0.717) is 25.8 Å². The van der Waals surface area contributed by atoms with Crippen LogP contribution in [-0.4, -0.2) is 73.2 Å². The minimum atomic E-state index is -2.92. The normalized spacial score (nSPS) is 38.3. The molecule has 9 heteroatoms. The van der Waals surface area contributed by atoms with E-state index in [1.165, 1.54) is 0 Å². The molecule has 0 aromatic rings. The first-order valence-corrected chi connectivity index (χ1v) is 14.5. The van der Waals surface area contributed by atoms with Crippen molar-refractivity contribution in [3.63, 3.8) is 0 Å². The molecule has 7 nitrogen and oxygen atoms in total. The number of piperidine rings is 1. The molecule has 2 saturated heterocycles. The maximum Gasteiger partial charge on any atom is 0.225 e. The SMILES string of the molecule is CCN(C1CCS(=O)(=O)CC1)C1CC(Cl)CC(C(=O)NCC2C(=O)NC(C)CC2C)C1C. The van der Waals surface area contributed by atoms with Crippen LogP contribution in [-0.2, 0) is 19.4 Å². The van der Waals surface area contributed by atoms with Crippen LogP contribution in [0, 0.1) is 23.7 Å². The van der Waals surface area contributed by atoms with Crippen molar-refractivity contribution in [3.05, 3.63) is 0 Å². The van der Waals surface area contributed by atoms with E-state index in [9.17, 15) is 18.0 Å². The van der Waals surface area contributed by atoms with Crippen molar-refractivity contribution in [1.82, 2.24) is 15.5 Å². The van der Waals surface area contributed by atoms with Crippen LogP contribution in [0.25, 0.3) is 0 Å². The van der Waals surface area contributed by atoms with Crippen molar-refractivity contribution < 1.29 is 18.0 Å². The fraction of sp³-hybridized carbons (Fsp3) is 0.913. The fourth-order valence-corrected chi connectivity index (χ4v) is 7.95. The summed E-state index contributed by atoms with van der Waals surface area (Å²) in [5, 5.41) is 5.96. The predicted octanol–water partition coefficient (Wildman–Crippen LogP) is 2.18. The molecule has 0 bridgehead atoms. The first kappa shape index (κ1) is 25.8. The number of amides is 2. The minimum Gasteiger partial charge on any atom is -0.355 e. The number of halogens is 1. The van der Waals surface area contributed by atoms with Gasteiger partial charge < -0.3 is 10.6 Å². The first-order chi connectivity index (χ1) is 15.0. The number of hydrogen-bond acceptors (Lipinski definition) is 5. The number of hydrogen-bond donors (Lipinski definition) is 2. The highest BCUT2D eigenvalue weighted by molar-refractivity contribution is 7.91. The Labute approximate surface area is 198 Å². The second-order valence-corrected chi connectivity index (χ2v) is 13.2. The van der Waals surface area contributed by atoms with Crippen molar-refractivity contribution in [2.45, 2.75) is 83.3 Å². The van der Waals surface area contributed by atoms with Crippen LogP contribution in [0.4, 0.5) is 0 Å². The summed E-state index contributed by atoms with van der Waals surface area (Å²) in [6.07, 6.45) is 3.65. The molecule has 3 rings (SSSR count). The van der Waals surface area contributed by atoms with Crippen molar-refractivity contribution in [1.29, 1.82) is 0 Å². The Morgan fingerprint density at radius 3 is 2.41 bits per heavy atom. The summed E-state index contributed by atoms with van der Waals surface area (Å²) in [6, 6.07) is 0.543. The lowest BCUT2D eigenvalue weighted by molar-refractivity contribution is -0.132. The molecule has 0 spiro atoms. The monoisotopic (exact) mass is 489 g/mol. The van der Waals surface area contributed by atoms with Crippen molar-refractivity contribution in [2.75, 3.05) is 24.6 Å². The number of nitrogens with zero attached hydrogens (tertiary/aromatic N) is 1. The predicted molar refractivity (Wildman–Crippen MR) is 127 cm³/mol. The molecular weight excluding hydrogens is 450 g/mol. The Balaban J connectivity index is 1.64. The average molecular weight is 490 g/mol. The van der Waals surface area contributed by atoms with Crippen LogP contribution in [0.5, 0.6) is 0 Å². The lowest BCUT2D eigenvalue weighted by Gasteiger charge is -2.47. The van der Waals surface area contributed by atoms with Gasteiger partial charge in [0.15, 0.2) is 0 Å². The standard InChI is InChI=1S/C23H40ClN3O4S/c1-5-27(18-6-8-32(30,31)9-7-18)21-12-17(24)11-19(16(21)4)22(28)25-13-20-14(2)10-15(3)26-23(20)29/h14-21H,5-13H2,1-4H3,(H,25,28)(H,26,29). The molecule has 7 atom stereocenters. The zero-order valence-electron chi connectivity index (χ0n) is 19.8. The van der Waals surface area contributed by atoms with Gasteiger partial charge in [-0.25, -0.2) is 8.42 Å². The number of rotatable bonds is 6. The molecule has 3 fully saturated rings. The Morgan fingerprint density at radius 1 is 1.16 bits per heavy atom. The van der Waals surface area contributed by atoms with E-state index in [2.05, 4.69) is 36.3 Å². The fourth-order valence-electron chi connectivity index (χ4n) is 6.11. The molecule has 1 aliphatic carbocycles. The zero-order valence-corrected chi connectivity index (χ0v) is 21.4. The van der Waals surface area contributed by atoms with Crippen LogP contribution < -0.4 is 10.6 Å². The molecule has 0 aromatic carbocycles. The highest BCUT2D eigenvalue weighted by Gasteiger charge is 2.43. The van der Waals surface area contributed by atoms with Gasteiger partial charge in [-0.3, -0.25) is 14.5 Å². The van der Waals surface area contributed by atoms with E-state index in [0.717, 1.165) is 19.4 Å². The van der Waals surface area contributed by atoms with Gasteiger partial charge in [-0.1, -0.05) is 20.8 Å². The molecule has 0 radical (unpaired) electrons. The third-order valence-corrected chi connectivity index (χ3v) is 10.1. The van der Waals surface area contributed by atoms with E-state index in [-0.39, 0.29) is 70.5 Å². The Bertz CT molecular complexity index is 778. The molecule has 3 aliphatic rings. The molecule has 2 heterocycles. The van der Waals surface area contributed by atoms with Gasteiger partial charge >= 0.3 is 0 Å². The average Bonchev–Trinajstić information content (AvgIpc) is 2.70. The van der Waals surface area contributed by atoms with Gasteiger partial charge in [0.1, 0.15) is 9.84 Å². The Hall–Kier alpha value is -0.860. The van der Waals surface area contributed by atoms with E-state index in [4.69, 9.17) is 11.6 Å². The second-order valence-electron chi connectivity index (χ2n) is 10.3. The molecule has 32 heavy (non-hydrogen) atoms. The molecule has 1 saturated carbocycles. The maximum absolute atomic E-state index is 13.2. The van der Waals surface area contributed by atoms with Gasteiger partial charge in [0.25, 0.3) is 0 Å². The number of carbonyl (C=O) groups excluding carboxylic acids is 2. The summed E-state index contributed by atoms with van der Waals surface area (Å²) in [5.74, 6) is 0.412. The number of nitrogens with one attached hydrogen (secondary N) is 2. The van der Waals surface area contributed by atoms with Crippen LogP contribution >= 0.6 is 11.6 Å². The van der Waals surface area contributed by atoms with Gasteiger partial charge in [0.2, 0.25) is 11.8 Å². The molecule has 2 aliphatic heterocycles.